The van der Waals surface area contributed by atoms with Gasteiger partial charge in [0.2, 0.25) is 0 Å². The minimum Gasteiger partial charge on any atom is -0.309 e. The highest BCUT2D eigenvalue weighted by Crippen LogP contribution is 2.49. The smallest absolute Gasteiger partial charge is 0.309 e. The molecular weight excluding hydrogens is 343 g/mol. The van der Waals surface area contributed by atoms with Crippen LogP contribution < -0.4 is 0 Å². The molecule has 0 saturated carbocycles. The molecule has 3 nitrogen and oxygen atoms in total. The van der Waals surface area contributed by atoms with Crippen LogP contribution in [-0.4, -0.2) is 19.4 Å². The van der Waals surface area contributed by atoms with Crippen molar-refractivity contribution in [2.45, 2.75) is 124 Å². The number of hydrogen-bond acceptors (Lipinski definition) is 3. The van der Waals surface area contributed by atoms with E-state index < -0.39 is 7.60 Å². The summed E-state index contributed by atoms with van der Waals surface area (Å²) in [5.74, 6) is 0. The Morgan fingerprint density at radius 3 is 1.27 bits per heavy atom. The van der Waals surface area contributed by atoms with Crippen molar-refractivity contribution in [2.24, 2.45) is 0 Å². The molecule has 0 radical (unpaired) electrons. The molecule has 0 aromatic heterocycles. The summed E-state index contributed by atoms with van der Waals surface area (Å²) in [4.78, 5) is 0. The molecule has 0 aromatic carbocycles. The van der Waals surface area contributed by atoms with Crippen molar-refractivity contribution in [1.29, 1.82) is 0 Å². The van der Waals surface area contributed by atoms with Gasteiger partial charge in [-0.2, -0.15) is 0 Å². The average Bonchev–Trinajstić information content (AvgIpc) is 2.64. The Labute approximate surface area is 164 Å². The number of hydrogen-bond donors (Lipinski definition) is 0. The molecule has 0 saturated heterocycles. The molecule has 1 atom stereocenters. The van der Waals surface area contributed by atoms with Crippen molar-refractivity contribution >= 4 is 7.60 Å². The lowest BCUT2D eigenvalue weighted by atomic mass is 10.1. The van der Waals surface area contributed by atoms with Crippen LogP contribution in [-0.2, 0) is 13.6 Å². The fourth-order valence-corrected chi connectivity index (χ4v) is 4.89. The summed E-state index contributed by atoms with van der Waals surface area (Å²) in [5.41, 5.74) is 0. The van der Waals surface area contributed by atoms with Crippen LogP contribution in [0.3, 0.4) is 0 Å². The van der Waals surface area contributed by atoms with Gasteiger partial charge in [0, 0.05) is 0 Å². The zero-order valence-corrected chi connectivity index (χ0v) is 19.0. The highest BCUT2D eigenvalue weighted by atomic mass is 31.2. The van der Waals surface area contributed by atoms with E-state index in [1.807, 2.05) is 0 Å². The lowest BCUT2D eigenvalue weighted by Gasteiger charge is -2.18. The van der Waals surface area contributed by atoms with Gasteiger partial charge in [0.15, 0.2) is 0 Å². The predicted octanol–water partition coefficient (Wildman–Crippen LogP) is 8.51. The van der Waals surface area contributed by atoms with Crippen molar-refractivity contribution in [3.63, 3.8) is 0 Å². The van der Waals surface area contributed by atoms with Gasteiger partial charge in [0.25, 0.3) is 0 Å². The Balaban J connectivity index is 3.70. The van der Waals surface area contributed by atoms with Crippen LogP contribution in [0.4, 0.5) is 0 Å². The first-order chi connectivity index (χ1) is 12.7. The Hall–Kier alpha value is 0.150. The largest absolute Gasteiger partial charge is 0.330 e. The molecule has 158 valence electrons. The molecule has 4 heteroatoms. The third-order valence-electron chi connectivity index (χ3n) is 4.86. The van der Waals surface area contributed by atoms with Gasteiger partial charge in [0.1, 0.15) is 0 Å². The van der Waals surface area contributed by atoms with E-state index in [9.17, 15) is 4.57 Å². The van der Waals surface area contributed by atoms with Crippen molar-refractivity contribution in [2.75, 3.05) is 19.4 Å². The van der Waals surface area contributed by atoms with Crippen LogP contribution in [0.5, 0.6) is 0 Å². The number of rotatable bonds is 21. The molecule has 0 rings (SSSR count). The molecule has 0 bridgehead atoms. The van der Waals surface area contributed by atoms with Gasteiger partial charge in [-0.1, -0.05) is 104 Å². The third kappa shape index (κ3) is 17.6. The van der Waals surface area contributed by atoms with E-state index in [1.165, 1.54) is 70.6 Å². The molecule has 0 fully saturated rings. The maximum Gasteiger partial charge on any atom is 0.330 e. The topological polar surface area (TPSA) is 35.5 Å². The summed E-state index contributed by atoms with van der Waals surface area (Å²) in [6.07, 6.45) is 20.1. The summed E-state index contributed by atoms with van der Waals surface area (Å²) in [6, 6.07) is 0. The van der Waals surface area contributed by atoms with Gasteiger partial charge >= 0.3 is 7.60 Å². The van der Waals surface area contributed by atoms with Crippen molar-refractivity contribution < 1.29 is 13.6 Å². The molecule has 0 spiro atoms. The Morgan fingerprint density at radius 2 is 0.846 bits per heavy atom. The summed E-state index contributed by atoms with van der Waals surface area (Å²) < 4.78 is 24.3. The van der Waals surface area contributed by atoms with Crippen molar-refractivity contribution in [3.05, 3.63) is 0 Å². The van der Waals surface area contributed by atoms with Crippen LogP contribution in [0, 0.1) is 0 Å². The van der Waals surface area contributed by atoms with E-state index in [4.69, 9.17) is 9.05 Å². The summed E-state index contributed by atoms with van der Waals surface area (Å²) in [6.45, 7) is 7.75. The Morgan fingerprint density at radius 1 is 0.500 bits per heavy atom. The van der Waals surface area contributed by atoms with Gasteiger partial charge in [0.05, 0.1) is 19.4 Å². The monoisotopic (exact) mass is 390 g/mol. The van der Waals surface area contributed by atoms with E-state index in [2.05, 4.69) is 20.8 Å². The quantitative estimate of drug-likeness (QED) is 0.145. The SMILES string of the molecule is CCCCCCCCCCCCOP(=O)(CCCC)OCCCCCC. The fourth-order valence-electron chi connectivity index (χ4n) is 3.04. The van der Waals surface area contributed by atoms with Gasteiger partial charge in [-0.05, 0) is 19.3 Å². The van der Waals surface area contributed by atoms with E-state index in [0.717, 1.165) is 32.1 Å². The third-order valence-corrected chi connectivity index (χ3v) is 6.87. The molecule has 0 aliphatic carbocycles. The first-order valence-corrected chi connectivity index (χ1v) is 13.3. The normalized spacial score (nSPS) is 13.8. The van der Waals surface area contributed by atoms with E-state index >= 15 is 0 Å². The molecule has 1 unspecified atom stereocenters. The standard InChI is InChI=1S/C22H47O3P/c1-4-7-10-12-13-14-15-16-17-19-21-25-26(23,22-9-6-3)24-20-18-11-8-5-2/h4-22H2,1-3H3. The summed E-state index contributed by atoms with van der Waals surface area (Å²) in [7, 11) is -2.86. The lowest BCUT2D eigenvalue weighted by molar-refractivity contribution is 0.197. The molecule has 26 heavy (non-hydrogen) atoms. The first-order valence-electron chi connectivity index (χ1n) is 11.6. The zero-order chi connectivity index (χ0) is 19.3. The van der Waals surface area contributed by atoms with Crippen LogP contribution in [0.25, 0.3) is 0 Å². The molecule has 0 N–H and O–H groups in total. The average molecular weight is 391 g/mol. The molecule has 0 aliphatic rings. The van der Waals surface area contributed by atoms with Gasteiger partial charge in [-0.15, -0.1) is 0 Å². The maximum atomic E-state index is 12.8. The van der Waals surface area contributed by atoms with E-state index in [1.54, 1.807) is 0 Å². The first kappa shape index (κ1) is 26.1. The molecular formula is C22H47O3P. The van der Waals surface area contributed by atoms with Crippen molar-refractivity contribution in [3.8, 4) is 0 Å². The van der Waals surface area contributed by atoms with Crippen LogP contribution in [0.15, 0.2) is 0 Å². The van der Waals surface area contributed by atoms with E-state index in [0.29, 0.717) is 19.4 Å². The second-order valence-corrected chi connectivity index (χ2v) is 9.78. The molecule has 0 heterocycles. The number of unbranched alkanes of at least 4 members (excludes halogenated alkanes) is 13. The molecule has 0 aliphatic heterocycles. The minimum atomic E-state index is -2.86. The highest BCUT2D eigenvalue weighted by Gasteiger charge is 2.23. The fraction of sp³-hybridized carbons (Fsp3) is 1.00. The molecule has 0 aromatic rings. The predicted molar refractivity (Wildman–Crippen MR) is 115 cm³/mol. The van der Waals surface area contributed by atoms with Crippen LogP contribution in [0.1, 0.15) is 124 Å². The maximum absolute atomic E-state index is 12.8. The van der Waals surface area contributed by atoms with Crippen LogP contribution in [0.2, 0.25) is 0 Å². The van der Waals surface area contributed by atoms with Crippen LogP contribution >= 0.6 is 7.60 Å². The van der Waals surface area contributed by atoms with Gasteiger partial charge < -0.3 is 9.05 Å². The Kier molecular flexibility index (Phi) is 20.0. The highest BCUT2D eigenvalue weighted by molar-refractivity contribution is 7.53. The van der Waals surface area contributed by atoms with Gasteiger partial charge in [-0.25, -0.2) is 0 Å². The minimum absolute atomic E-state index is 0.578. The summed E-state index contributed by atoms with van der Waals surface area (Å²) in [5, 5.41) is 0. The van der Waals surface area contributed by atoms with E-state index in [-0.39, 0.29) is 0 Å². The van der Waals surface area contributed by atoms with Crippen molar-refractivity contribution in [1.82, 2.24) is 0 Å². The van der Waals surface area contributed by atoms with Gasteiger partial charge in [-0.3, -0.25) is 4.57 Å². The zero-order valence-electron chi connectivity index (χ0n) is 18.1. The molecule has 0 amide bonds. The lowest BCUT2D eigenvalue weighted by Crippen LogP contribution is -2.03. The summed E-state index contributed by atoms with van der Waals surface area (Å²) >= 11 is 0. The second kappa shape index (κ2) is 19.9. The Bertz CT molecular complexity index is 321. The second-order valence-electron chi connectivity index (χ2n) is 7.60.